The zero-order chi connectivity index (χ0) is 18.2. The Morgan fingerprint density at radius 1 is 1.16 bits per heavy atom. The maximum atomic E-state index is 14.1. The van der Waals surface area contributed by atoms with E-state index in [0.717, 1.165) is 25.7 Å². The van der Waals surface area contributed by atoms with Gasteiger partial charge < -0.3 is 9.47 Å². The van der Waals surface area contributed by atoms with Crippen LogP contribution in [-0.2, 0) is 4.79 Å². The molecule has 0 aliphatic heterocycles. The normalized spacial score (nSPS) is 20.6. The Bertz CT molecular complexity index is 605. The molecule has 1 fully saturated rings. The molecule has 138 valence electrons. The Labute approximate surface area is 148 Å². The van der Waals surface area contributed by atoms with Gasteiger partial charge in [0.25, 0.3) is 0 Å². The summed E-state index contributed by atoms with van der Waals surface area (Å²) >= 11 is 0. The fourth-order valence-electron chi connectivity index (χ4n) is 3.20. The van der Waals surface area contributed by atoms with E-state index in [9.17, 15) is 13.6 Å². The smallest absolute Gasteiger partial charge is 0.314 e. The second kappa shape index (κ2) is 9.54. The average molecular weight is 352 g/mol. The van der Waals surface area contributed by atoms with Crippen LogP contribution in [0.25, 0.3) is 0 Å². The van der Waals surface area contributed by atoms with E-state index in [4.69, 9.17) is 9.47 Å². The first kappa shape index (κ1) is 19.4. The molecule has 2 rings (SSSR count). The minimum Gasteiger partial charge on any atom is -0.462 e. The molecule has 1 saturated carbocycles. The Morgan fingerprint density at radius 2 is 1.80 bits per heavy atom. The van der Waals surface area contributed by atoms with E-state index in [1.807, 2.05) is 0 Å². The van der Waals surface area contributed by atoms with Crippen molar-refractivity contribution in [3.63, 3.8) is 0 Å². The molecule has 0 unspecified atom stereocenters. The summed E-state index contributed by atoms with van der Waals surface area (Å²) in [5.74, 6) is -3.04. The van der Waals surface area contributed by atoms with Crippen LogP contribution in [0, 0.1) is 23.5 Å². The van der Waals surface area contributed by atoms with Crippen molar-refractivity contribution in [3.8, 4) is 11.5 Å². The fraction of sp³-hybridized carbons (Fsp3) is 0.550. The zero-order valence-corrected chi connectivity index (χ0v) is 14.9. The minimum absolute atomic E-state index is 0.237. The molecule has 5 heteroatoms. The fourth-order valence-corrected chi connectivity index (χ4v) is 3.20. The highest BCUT2D eigenvalue weighted by molar-refractivity contribution is 5.75. The Morgan fingerprint density at radius 3 is 2.44 bits per heavy atom. The highest BCUT2D eigenvalue weighted by atomic mass is 19.2. The number of hydrogen-bond donors (Lipinski definition) is 0. The van der Waals surface area contributed by atoms with Crippen LogP contribution < -0.4 is 9.47 Å². The molecule has 0 heterocycles. The molecule has 0 atom stereocenters. The number of allylic oxidation sites excluding steroid dienone is 1. The van der Waals surface area contributed by atoms with E-state index in [2.05, 4.69) is 6.92 Å². The van der Waals surface area contributed by atoms with Gasteiger partial charge in [0.2, 0.25) is 11.6 Å². The third kappa shape index (κ3) is 5.28. The monoisotopic (exact) mass is 352 g/mol. The van der Waals surface area contributed by atoms with E-state index >= 15 is 0 Å². The van der Waals surface area contributed by atoms with Gasteiger partial charge in [-0.25, -0.2) is 0 Å². The Kier molecular flexibility index (Phi) is 7.41. The van der Waals surface area contributed by atoms with Crippen molar-refractivity contribution in [2.75, 3.05) is 0 Å². The topological polar surface area (TPSA) is 35.5 Å². The molecule has 1 aromatic rings. The first-order valence-corrected chi connectivity index (χ1v) is 9.04. The van der Waals surface area contributed by atoms with Crippen molar-refractivity contribution in [2.24, 2.45) is 11.8 Å². The molecule has 1 aliphatic carbocycles. The number of carbonyl (C=O) groups is 1. The predicted molar refractivity (Wildman–Crippen MR) is 92.4 cm³/mol. The van der Waals surface area contributed by atoms with E-state index in [1.165, 1.54) is 37.7 Å². The molecule has 0 amide bonds. The molecular weight excluding hydrogens is 326 g/mol. The number of benzene rings is 1. The molecule has 0 radical (unpaired) electrons. The summed E-state index contributed by atoms with van der Waals surface area (Å²) in [6, 6.07) is 2.48. The number of unbranched alkanes of at least 4 members (excludes halogenated alkanes) is 1. The van der Waals surface area contributed by atoms with Crippen molar-refractivity contribution >= 4 is 5.97 Å². The lowest BCUT2D eigenvalue weighted by Crippen LogP contribution is -2.26. The summed E-state index contributed by atoms with van der Waals surface area (Å²) in [7, 11) is 0. The lowest BCUT2D eigenvalue weighted by molar-refractivity contribution is -0.140. The number of carbonyl (C=O) groups excluding carboxylic acids is 1. The summed E-state index contributed by atoms with van der Waals surface area (Å²) in [5.41, 5.74) is 0. The number of rotatable bonds is 7. The van der Waals surface area contributed by atoms with Crippen molar-refractivity contribution < 1.29 is 23.0 Å². The van der Waals surface area contributed by atoms with Crippen LogP contribution in [0.5, 0.6) is 11.5 Å². The summed E-state index contributed by atoms with van der Waals surface area (Å²) < 4.78 is 38.0. The van der Waals surface area contributed by atoms with E-state index < -0.39 is 17.6 Å². The van der Waals surface area contributed by atoms with Gasteiger partial charge in [0.1, 0.15) is 0 Å². The average Bonchev–Trinajstić information content (AvgIpc) is 2.63. The number of halogens is 2. The highest BCUT2D eigenvalue weighted by Crippen LogP contribution is 2.34. The highest BCUT2D eigenvalue weighted by Gasteiger charge is 2.28. The van der Waals surface area contributed by atoms with Crippen LogP contribution >= 0.6 is 0 Å². The molecular formula is C20H26F2O3. The second-order valence-electron chi connectivity index (χ2n) is 6.56. The predicted octanol–water partition coefficient (Wildman–Crippen LogP) is 5.78. The van der Waals surface area contributed by atoms with E-state index in [0.29, 0.717) is 5.92 Å². The lowest BCUT2D eigenvalue weighted by atomic mass is 9.80. The molecule has 1 aliphatic rings. The molecule has 0 aromatic heterocycles. The molecule has 3 nitrogen and oxygen atoms in total. The van der Waals surface area contributed by atoms with Gasteiger partial charge in [-0.3, -0.25) is 4.79 Å². The number of esters is 1. The lowest BCUT2D eigenvalue weighted by Gasteiger charge is -2.27. The van der Waals surface area contributed by atoms with Crippen molar-refractivity contribution in [1.82, 2.24) is 0 Å². The van der Waals surface area contributed by atoms with E-state index in [-0.39, 0.29) is 17.4 Å². The number of ether oxygens (including phenoxy) is 2. The Balaban J connectivity index is 1.94. The Hall–Kier alpha value is -1.91. The van der Waals surface area contributed by atoms with Gasteiger partial charge in [-0.1, -0.05) is 32.3 Å². The van der Waals surface area contributed by atoms with Gasteiger partial charge in [-0.05, 0) is 50.7 Å². The van der Waals surface area contributed by atoms with Gasteiger partial charge in [-0.2, -0.15) is 8.78 Å². The van der Waals surface area contributed by atoms with Crippen LogP contribution in [0.15, 0.2) is 24.5 Å². The van der Waals surface area contributed by atoms with Crippen LogP contribution in [0.4, 0.5) is 8.78 Å². The minimum atomic E-state index is -1.20. The van der Waals surface area contributed by atoms with E-state index in [1.54, 1.807) is 13.0 Å². The first-order valence-electron chi connectivity index (χ1n) is 9.04. The molecule has 25 heavy (non-hydrogen) atoms. The van der Waals surface area contributed by atoms with Gasteiger partial charge in [0.15, 0.2) is 11.5 Å². The van der Waals surface area contributed by atoms with Crippen molar-refractivity contribution in [1.29, 1.82) is 0 Å². The third-order valence-electron chi connectivity index (χ3n) is 4.70. The summed E-state index contributed by atoms with van der Waals surface area (Å²) in [5, 5.41) is 0. The summed E-state index contributed by atoms with van der Waals surface area (Å²) in [6.07, 6.45) is 9.89. The van der Waals surface area contributed by atoms with Crippen molar-refractivity contribution in [2.45, 2.75) is 58.8 Å². The van der Waals surface area contributed by atoms with Crippen LogP contribution in [-0.4, -0.2) is 5.97 Å². The molecule has 0 bridgehead atoms. The standard InChI is InChI=1S/C20H26F2O3/c1-3-5-6-14-7-9-15(10-8-14)20(23)25-17-12-11-16(24-13-4-2)18(21)19(17)22/h4,11-15H,3,5-10H2,1-2H3/b13-4+. The zero-order valence-electron chi connectivity index (χ0n) is 14.9. The first-order chi connectivity index (χ1) is 12.1. The maximum Gasteiger partial charge on any atom is 0.314 e. The largest absolute Gasteiger partial charge is 0.462 e. The van der Waals surface area contributed by atoms with Gasteiger partial charge >= 0.3 is 5.97 Å². The molecule has 0 saturated heterocycles. The van der Waals surface area contributed by atoms with Crippen LogP contribution in [0.3, 0.4) is 0 Å². The molecule has 0 spiro atoms. The summed E-state index contributed by atoms with van der Waals surface area (Å²) in [4.78, 5) is 12.3. The quantitative estimate of drug-likeness (QED) is 0.354. The second-order valence-corrected chi connectivity index (χ2v) is 6.56. The van der Waals surface area contributed by atoms with Gasteiger partial charge in [0, 0.05) is 0 Å². The van der Waals surface area contributed by atoms with Crippen LogP contribution in [0.1, 0.15) is 58.8 Å². The van der Waals surface area contributed by atoms with Gasteiger partial charge in [-0.15, -0.1) is 0 Å². The number of hydrogen-bond acceptors (Lipinski definition) is 3. The summed E-state index contributed by atoms with van der Waals surface area (Å²) in [6.45, 7) is 3.87. The van der Waals surface area contributed by atoms with Crippen LogP contribution in [0.2, 0.25) is 0 Å². The SMILES string of the molecule is C/C=C/Oc1ccc(OC(=O)C2CCC(CCCC)CC2)c(F)c1F. The molecule has 0 N–H and O–H groups in total. The van der Waals surface area contributed by atoms with Crippen molar-refractivity contribution in [3.05, 3.63) is 36.1 Å². The third-order valence-corrected chi connectivity index (χ3v) is 4.70. The maximum absolute atomic E-state index is 14.1. The van der Waals surface area contributed by atoms with Gasteiger partial charge in [0.05, 0.1) is 12.2 Å². The molecule has 1 aromatic carbocycles.